The number of amides is 1. The lowest BCUT2D eigenvalue weighted by Gasteiger charge is -2.42. The summed E-state index contributed by atoms with van der Waals surface area (Å²) in [6.07, 6.45) is 8.57. The maximum atomic E-state index is 12.1. The molecule has 2 heterocycles. The fraction of sp³-hybridized carbons (Fsp3) is 0.900. The molecule has 0 unspecified atom stereocenters. The number of rotatable bonds is 13. The number of carbonyl (C=O) groups is 2. The molecule has 2 rings (SSSR count). The Balaban J connectivity index is 1.57. The number of aliphatic carboxylic acids is 1. The van der Waals surface area contributed by atoms with Crippen LogP contribution in [-0.4, -0.2) is 61.5 Å². The van der Waals surface area contributed by atoms with Gasteiger partial charge in [-0.05, 0) is 6.42 Å². The quantitative estimate of drug-likeness (QED) is 0.457. The molecule has 4 atom stereocenters. The van der Waals surface area contributed by atoms with Crippen LogP contribution in [0.5, 0.6) is 0 Å². The number of ether oxygens (including phenoxy) is 4. The summed E-state index contributed by atoms with van der Waals surface area (Å²) < 4.78 is 21.5. The van der Waals surface area contributed by atoms with Gasteiger partial charge in [0, 0.05) is 13.0 Å². The molecule has 0 bridgehead atoms. The third-order valence-corrected chi connectivity index (χ3v) is 5.29. The van der Waals surface area contributed by atoms with E-state index in [1.165, 1.54) is 44.9 Å². The summed E-state index contributed by atoms with van der Waals surface area (Å²) in [7, 11) is 0. The first kappa shape index (κ1) is 23.1. The van der Waals surface area contributed by atoms with Crippen molar-refractivity contribution in [2.24, 2.45) is 0 Å². The molecule has 0 spiro atoms. The van der Waals surface area contributed by atoms with Gasteiger partial charge in [0.1, 0.15) is 31.9 Å². The Labute approximate surface area is 167 Å². The van der Waals surface area contributed by atoms with Crippen molar-refractivity contribution >= 4 is 11.9 Å². The predicted octanol–water partition coefficient (Wildman–Crippen LogP) is 2.59. The zero-order valence-electron chi connectivity index (χ0n) is 16.9. The standard InChI is InChI=1S/C20H35NO7/c1-2-3-4-5-6-7-8-9-10-11-16(22)21-12-15-17-18(27-13-25-15)19(20(23)24)28-14-26-17/h15,17-19H,2-14H2,1H3,(H,21,22)(H,23,24)/t15-,17-,18+,19-/m1/s1. The number of carboxylic acids is 1. The summed E-state index contributed by atoms with van der Waals surface area (Å²) >= 11 is 0. The van der Waals surface area contributed by atoms with E-state index in [4.69, 9.17) is 18.9 Å². The zero-order valence-corrected chi connectivity index (χ0v) is 16.9. The predicted molar refractivity (Wildman–Crippen MR) is 102 cm³/mol. The maximum Gasteiger partial charge on any atom is 0.335 e. The van der Waals surface area contributed by atoms with Crippen LogP contribution in [0.4, 0.5) is 0 Å². The topological polar surface area (TPSA) is 103 Å². The van der Waals surface area contributed by atoms with Gasteiger partial charge in [0.25, 0.3) is 0 Å². The van der Waals surface area contributed by atoms with Crippen molar-refractivity contribution in [3.05, 3.63) is 0 Å². The summed E-state index contributed by atoms with van der Waals surface area (Å²) in [5.41, 5.74) is 0. The lowest BCUT2D eigenvalue weighted by atomic mass is 10.0. The second-order valence-electron chi connectivity index (χ2n) is 7.51. The summed E-state index contributed by atoms with van der Waals surface area (Å²) in [5, 5.41) is 12.1. The van der Waals surface area contributed by atoms with Gasteiger partial charge < -0.3 is 29.4 Å². The van der Waals surface area contributed by atoms with E-state index in [0.717, 1.165) is 12.8 Å². The van der Waals surface area contributed by atoms with Crippen LogP contribution in [0.2, 0.25) is 0 Å². The second-order valence-corrected chi connectivity index (χ2v) is 7.51. The highest BCUT2D eigenvalue weighted by molar-refractivity contribution is 5.75. The number of hydrogen-bond donors (Lipinski definition) is 2. The molecular weight excluding hydrogens is 366 g/mol. The van der Waals surface area contributed by atoms with Crippen LogP contribution in [0.3, 0.4) is 0 Å². The molecule has 0 radical (unpaired) electrons. The first-order valence-corrected chi connectivity index (χ1v) is 10.6. The Kier molecular flexibility index (Phi) is 10.8. The zero-order chi connectivity index (χ0) is 20.2. The molecule has 2 aliphatic heterocycles. The Morgan fingerprint density at radius 3 is 2.14 bits per heavy atom. The highest BCUT2D eigenvalue weighted by Gasteiger charge is 2.47. The minimum atomic E-state index is -1.09. The SMILES string of the molecule is CCCCCCCCCCCC(=O)NC[C@H]1OCO[C@H]2[C@@H]1OCO[C@H]2C(=O)O. The van der Waals surface area contributed by atoms with Crippen molar-refractivity contribution in [3.8, 4) is 0 Å². The average molecular weight is 402 g/mol. The first-order chi connectivity index (χ1) is 13.6. The third kappa shape index (κ3) is 7.66. The number of carbonyl (C=O) groups excluding carboxylic acids is 1. The van der Waals surface area contributed by atoms with Crippen molar-refractivity contribution in [1.29, 1.82) is 0 Å². The van der Waals surface area contributed by atoms with E-state index in [0.29, 0.717) is 6.42 Å². The van der Waals surface area contributed by atoms with Gasteiger partial charge in [-0.3, -0.25) is 4.79 Å². The molecule has 0 saturated carbocycles. The van der Waals surface area contributed by atoms with Gasteiger partial charge in [0.15, 0.2) is 6.10 Å². The van der Waals surface area contributed by atoms with Crippen molar-refractivity contribution in [1.82, 2.24) is 5.32 Å². The van der Waals surface area contributed by atoms with Crippen LogP contribution in [0.25, 0.3) is 0 Å². The van der Waals surface area contributed by atoms with E-state index in [-0.39, 0.29) is 26.0 Å². The molecule has 1 amide bonds. The molecule has 2 fully saturated rings. The van der Waals surface area contributed by atoms with Crippen molar-refractivity contribution in [3.63, 3.8) is 0 Å². The number of unbranched alkanes of at least 4 members (excludes halogenated alkanes) is 8. The lowest BCUT2D eigenvalue weighted by molar-refractivity contribution is -0.317. The van der Waals surface area contributed by atoms with Crippen molar-refractivity contribution < 1.29 is 33.6 Å². The van der Waals surface area contributed by atoms with E-state index in [9.17, 15) is 14.7 Å². The first-order valence-electron chi connectivity index (χ1n) is 10.6. The van der Waals surface area contributed by atoms with Crippen molar-refractivity contribution in [2.75, 3.05) is 20.1 Å². The molecule has 28 heavy (non-hydrogen) atoms. The molecule has 2 saturated heterocycles. The fourth-order valence-corrected chi connectivity index (χ4v) is 3.64. The number of carboxylic acid groups (broad SMARTS) is 1. The summed E-state index contributed by atoms with van der Waals surface area (Å²) in [5.74, 6) is -1.11. The van der Waals surface area contributed by atoms with Gasteiger partial charge in [-0.1, -0.05) is 58.3 Å². The molecule has 2 aliphatic rings. The van der Waals surface area contributed by atoms with E-state index >= 15 is 0 Å². The molecule has 8 nitrogen and oxygen atoms in total. The Hall–Kier alpha value is -1.22. The number of fused-ring (bicyclic) bond motifs is 1. The summed E-state index contributed by atoms with van der Waals surface area (Å²) in [6, 6.07) is 0. The lowest BCUT2D eigenvalue weighted by Crippen LogP contribution is -2.61. The molecule has 0 aromatic carbocycles. The largest absolute Gasteiger partial charge is 0.479 e. The van der Waals surface area contributed by atoms with Gasteiger partial charge in [-0.25, -0.2) is 4.79 Å². The van der Waals surface area contributed by atoms with Gasteiger partial charge in [-0.15, -0.1) is 0 Å². The van der Waals surface area contributed by atoms with Crippen LogP contribution in [-0.2, 0) is 28.5 Å². The van der Waals surface area contributed by atoms with Gasteiger partial charge >= 0.3 is 5.97 Å². The fourth-order valence-electron chi connectivity index (χ4n) is 3.64. The molecule has 0 aliphatic carbocycles. The number of hydrogen-bond acceptors (Lipinski definition) is 6. The van der Waals surface area contributed by atoms with Crippen LogP contribution in [0.15, 0.2) is 0 Å². The molecule has 2 N–H and O–H groups in total. The van der Waals surface area contributed by atoms with E-state index < -0.39 is 30.4 Å². The van der Waals surface area contributed by atoms with Gasteiger partial charge in [0.2, 0.25) is 5.91 Å². The minimum absolute atomic E-state index is 0.0172. The normalized spacial score (nSPS) is 27.2. The maximum absolute atomic E-state index is 12.1. The van der Waals surface area contributed by atoms with E-state index in [1.807, 2.05) is 0 Å². The van der Waals surface area contributed by atoms with Crippen molar-refractivity contribution in [2.45, 2.75) is 95.5 Å². The van der Waals surface area contributed by atoms with Crippen LogP contribution < -0.4 is 5.32 Å². The highest BCUT2D eigenvalue weighted by Crippen LogP contribution is 2.26. The third-order valence-electron chi connectivity index (χ3n) is 5.29. The monoisotopic (exact) mass is 401 g/mol. The molecule has 8 heteroatoms. The average Bonchev–Trinajstić information content (AvgIpc) is 2.70. The van der Waals surface area contributed by atoms with Crippen LogP contribution in [0, 0.1) is 0 Å². The van der Waals surface area contributed by atoms with E-state index in [1.54, 1.807) is 0 Å². The smallest absolute Gasteiger partial charge is 0.335 e. The Bertz CT molecular complexity index is 473. The molecule has 0 aromatic heterocycles. The number of nitrogens with one attached hydrogen (secondary N) is 1. The summed E-state index contributed by atoms with van der Waals surface area (Å²) in [6.45, 7) is 2.32. The summed E-state index contributed by atoms with van der Waals surface area (Å²) in [4.78, 5) is 23.3. The minimum Gasteiger partial charge on any atom is -0.479 e. The van der Waals surface area contributed by atoms with Crippen LogP contribution in [0.1, 0.15) is 71.1 Å². The molecule has 162 valence electrons. The highest BCUT2D eigenvalue weighted by atomic mass is 16.8. The van der Waals surface area contributed by atoms with Gasteiger partial charge in [-0.2, -0.15) is 0 Å². The second kappa shape index (κ2) is 13.1. The van der Waals surface area contributed by atoms with E-state index in [2.05, 4.69) is 12.2 Å². The Morgan fingerprint density at radius 2 is 1.46 bits per heavy atom. The van der Waals surface area contributed by atoms with Gasteiger partial charge in [0.05, 0.1) is 0 Å². The Morgan fingerprint density at radius 1 is 0.857 bits per heavy atom. The molecular formula is C20H35NO7. The molecule has 0 aromatic rings. The van der Waals surface area contributed by atoms with Crippen LogP contribution >= 0.6 is 0 Å².